The van der Waals surface area contributed by atoms with Crippen LogP contribution in [0.15, 0.2) is 24.3 Å². The van der Waals surface area contributed by atoms with Crippen molar-refractivity contribution in [3.8, 4) is 0 Å². The number of nitrogen functional groups attached to an aromatic ring is 1. The molecule has 0 saturated carbocycles. The number of aryl methyl sites for hydroxylation is 1. The maximum Gasteiger partial charge on any atom is 0.222 e. The lowest BCUT2D eigenvalue weighted by Crippen LogP contribution is -2.37. The molecule has 3 heteroatoms. The fourth-order valence-electron chi connectivity index (χ4n) is 2.32. The largest absolute Gasteiger partial charge is 0.399 e. The van der Waals surface area contributed by atoms with Crippen LogP contribution in [0, 0.1) is 11.8 Å². The number of rotatable bonds is 7. The van der Waals surface area contributed by atoms with Crippen LogP contribution in [0.2, 0.25) is 0 Å². The first-order chi connectivity index (χ1) is 9.38. The van der Waals surface area contributed by atoms with Gasteiger partial charge >= 0.3 is 0 Å². The molecule has 1 rings (SSSR count). The molecule has 0 spiro atoms. The van der Waals surface area contributed by atoms with Gasteiger partial charge < -0.3 is 10.6 Å². The van der Waals surface area contributed by atoms with Crippen molar-refractivity contribution in [3.05, 3.63) is 29.8 Å². The van der Waals surface area contributed by atoms with Gasteiger partial charge in [0.25, 0.3) is 0 Å². The third kappa shape index (κ3) is 6.09. The minimum absolute atomic E-state index is 0.245. The molecule has 3 nitrogen and oxygen atoms in total. The summed E-state index contributed by atoms with van der Waals surface area (Å²) in [5, 5.41) is 0. The van der Waals surface area contributed by atoms with Gasteiger partial charge in [0.05, 0.1) is 0 Å². The molecule has 1 aromatic rings. The Morgan fingerprint density at radius 3 is 2.25 bits per heavy atom. The summed E-state index contributed by atoms with van der Waals surface area (Å²) in [5.41, 5.74) is 7.65. The highest BCUT2D eigenvalue weighted by atomic mass is 16.2. The fraction of sp³-hybridized carbons (Fsp3) is 0.588. The van der Waals surface area contributed by atoms with Crippen LogP contribution in [0.5, 0.6) is 0 Å². The number of anilines is 1. The van der Waals surface area contributed by atoms with Crippen molar-refractivity contribution in [2.45, 2.75) is 40.5 Å². The molecule has 0 aromatic heterocycles. The van der Waals surface area contributed by atoms with Crippen LogP contribution in [-0.4, -0.2) is 23.9 Å². The summed E-state index contributed by atoms with van der Waals surface area (Å²) >= 11 is 0. The van der Waals surface area contributed by atoms with Crippen LogP contribution in [-0.2, 0) is 11.2 Å². The van der Waals surface area contributed by atoms with Gasteiger partial charge in [0.1, 0.15) is 0 Å². The number of nitrogens with zero attached hydrogens (tertiary/aromatic N) is 1. The Morgan fingerprint density at radius 1 is 1.15 bits per heavy atom. The lowest BCUT2D eigenvalue weighted by molar-refractivity contribution is -0.132. The van der Waals surface area contributed by atoms with Crippen molar-refractivity contribution < 1.29 is 4.79 Å². The van der Waals surface area contributed by atoms with Crippen molar-refractivity contribution in [2.24, 2.45) is 11.8 Å². The highest BCUT2D eigenvalue weighted by Gasteiger charge is 2.16. The molecular formula is C17H28N2O. The quantitative estimate of drug-likeness (QED) is 0.776. The molecule has 112 valence electrons. The summed E-state index contributed by atoms with van der Waals surface area (Å²) in [4.78, 5) is 14.4. The van der Waals surface area contributed by atoms with Gasteiger partial charge in [0.15, 0.2) is 0 Å². The predicted octanol–water partition coefficient (Wildman–Crippen LogP) is 3.34. The molecule has 0 radical (unpaired) electrons. The van der Waals surface area contributed by atoms with E-state index < -0.39 is 0 Å². The minimum atomic E-state index is 0.245. The number of hydrogen-bond acceptors (Lipinski definition) is 2. The number of carbonyl (C=O) groups excluding carboxylic acids is 1. The number of carbonyl (C=O) groups is 1. The molecule has 0 aliphatic carbocycles. The molecule has 0 aliphatic rings. The van der Waals surface area contributed by atoms with Gasteiger partial charge in [-0.3, -0.25) is 4.79 Å². The van der Waals surface area contributed by atoms with E-state index in [4.69, 9.17) is 5.73 Å². The Labute approximate surface area is 123 Å². The molecule has 0 fully saturated rings. The predicted molar refractivity (Wildman–Crippen MR) is 85.4 cm³/mol. The monoisotopic (exact) mass is 276 g/mol. The zero-order valence-electron chi connectivity index (χ0n) is 13.2. The zero-order valence-corrected chi connectivity index (χ0v) is 13.2. The van der Waals surface area contributed by atoms with Gasteiger partial charge in [-0.05, 0) is 36.0 Å². The van der Waals surface area contributed by atoms with Crippen molar-refractivity contribution in [2.75, 3.05) is 18.8 Å². The standard InChI is InChI=1S/C17H28N2O/c1-13(2)11-19(12-14(3)4)17(20)9-8-15-6-5-7-16(18)10-15/h5-7,10,13-14H,8-9,11-12,18H2,1-4H3. The third-order valence-electron chi connectivity index (χ3n) is 3.10. The normalized spacial score (nSPS) is 11.1. The summed E-state index contributed by atoms with van der Waals surface area (Å²) in [6.07, 6.45) is 1.32. The van der Waals surface area contributed by atoms with Crippen LogP contribution in [0.25, 0.3) is 0 Å². The van der Waals surface area contributed by atoms with Crippen LogP contribution in [0.3, 0.4) is 0 Å². The topological polar surface area (TPSA) is 46.3 Å². The molecule has 0 heterocycles. The zero-order chi connectivity index (χ0) is 15.1. The second-order valence-corrected chi connectivity index (χ2v) is 6.33. The van der Waals surface area contributed by atoms with E-state index in [2.05, 4.69) is 27.7 Å². The van der Waals surface area contributed by atoms with Gasteiger partial charge in [-0.2, -0.15) is 0 Å². The number of benzene rings is 1. The van der Waals surface area contributed by atoms with E-state index >= 15 is 0 Å². The van der Waals surface area contributed by atoms with E-state index in [0.29, 0.717) is 18.3 Å². The Hall–Kier alpha value is -1.51. The van der Waals surface area contributed by atoms with Gasteiger partial charge in [-0.15, -0.1) is 0 Å². The average Bonchev–Trinajstić information content (AvgIpc) is 2.34. The van der Waals surface area contributed by atoms with E-state index in [1.54, 1.807) is 0 Å². The van der Waals surface area contributed by atoms with Gasteiger partial charge in [0, 0.05) is 25.2 Å². The molecule has 0 atom stereocenters. The number of amides is 1. The first-order valence-electron chi connectivity index (χ1n) is 7.50. The summed E-state index contributed by atoms with van der Waals surface area (Å²) < 4.78 is 0. The summed E-state index contributed by atoms with van der Waals surface area (Å²) in [5.74, 6) is 1.25. The van der Waals surface area contributed by atoms with Crippen molar-refractivity contribution >= 4 is 11.6 Å². The van der Waals surface area contributed by atoms with Crippen molar-refractivity contribution in [3.63, 3.8) is 0 Å². The highest BCUT2D eigenvalue weighted by molar-refractivity contribution is 5.76. The highest BCUT2D eigenvalue weighted by Crippen LogP contribution is 2.11. The third-order valence-corrected chi connectivity index (χ3v) is 3.10. The summed E-state index contributed by atoms with van der Waals surface area (Å²) in [6.45, 7) is 10.3. The Morgan fingerprint density at radius 2 is 1.75 bits per heavy atom. The molecule has 20 heavy (non-hydrogen) atoms. The van der Waals surface area contributed by atoms with E-state index in [9.17, 15) is 4.79 Å². The molecule has 2 N–H and O–H groups in total. The lowest BCUT2D eigenvalue weighted by atomic mass is 10.1. The first-order valence-corrected chi connectivity index (χ1v) is 7.50. The molecule has 1 amide bonds. The van der Waals surface area contributed by atoms with E-state index in [0.717, 1.165) is 30.8 Å². The van der Waals surface area contributed by atoms with E-state index in [-0.39, 0.29) is 5.91 Å². The molecule has 0 bridgehead atoms. The maximum atomic E-state index is 12.4. The van der Waals surface area contributed by atoms with Crippen LogP contribution < -0.4 is 5.73 Å². The lowest BCUT2D eigenvalue weighted by Gasteiger charge is -2.26. The SMILES string of the molecule is CC(C)CN(CC(C)C)C(=O)CCc1cccc(N)c1. The van der Waals surface area contributed by atoms with Crippen LogP contribution >= 0.6 is 0 Å². The smallest absolute Gasteiger partial charge is 0.222 e. The molecule has 0 aliphatic heterocycles. The Bertz CT molecular complexity index is 417. The second kappa shape index (κ2) is 7.93. The van der Waals surface area contributed by atoms with Gasteiger partial charge in [-0.25, -0.2) is 0 Å². The number of nitrogens with two attached hydrogens (primary N) is 1. The first kappa shape index (κ1) is 16.5. The fourth-order valence-corrected chi connectivity index (χ4v) is 2.32. The summed E-state index contributed by atoms with van der Waals surface area (Å²) in [6, 6.07) is 7.78. The van der Waals surface area contributed by atoms with E-state index in [1.807, 2.05) is 29.2 Å². The van der Waals surface area contributed by atoms with Crippen molar-refractivity contribution in [1.82, 2.24) is 4.90 Å². The van der Waals surface area contributed by atoms with Crippen molar-refractivity contribution in [1.29, 1.82) is 0 Å². The Balaban J connectivity index is 2.57. The van der Waals surface area contributed by atoms with Crippen LogP contribution in [0.1, 0.15) is 39.7 Å². The van der Waals surface area contributed by atoms with Gasteiger partial charge in [0.2, 0.25) is 5.91 Å². The molecule has 0 unspecified atom stereocenters. The van der Waals surface area contributed by atoms with E-state index in [1.165, 1.54) is 0 Å². The maximum absolute atomic E-state index is 12.4. The number of hydrogen-bond donors (Lipinski definition) is 1. The Kier molecular flexibility index (Phi) is 6.56. The average molecular weight is 276 g/mol. The molecular weight excluding hydrogens is 248 g/mol. The van der Waals surface area contributed by atoms with Crippen LogP contribution in [0.4, 0.5) is 5.69 Å². The summed E-state index contributed by atoms with van der Waals surface area (Å²) in [7, 11) is 0. The minimum Gasteiger partial charge on any atom is -0.399 e. The molecule has 1 aromatic carbocycles. The second-order valence-electron chi connectivity index (χ2n) is 6.33. The van der Waals surface area contributed by atoms with Gasteiger partial charge in [-0.1, -0.05) is 39.8 Å². The molecule has 0 saturated heterocycles.